The summed E-state index contributed by atoms with van der Waals surface area (Å²) in [6, 6.07) is 20.2. The largest absolute Gasteiger partial charge is 0.453 e. The van der Waals surface area contributed by atoms with Crippen molar-refractivity contribution in [2.75, 3.05) is 5.32 Å². The van der Waals surface area contributed by atoms with Crippen LogP contribution in [0.15, 0.2) is 77.7 Å². The van der Waals surface area contributed by atoms with Crippen LogP contribution in [0.1, 0.15) is 40.7 Å². The topological polar surface area (TPSA) is 85.2 Å². The van der Waals surface area contributed by atoms with Crippen molar-refractivity contribution in [1.82, 2.24) is 15.1 Å². The Labute approximate surface area is 219 Å². The quantitative estimate of drug-likeness (QED) is 0.327. The fourth-order valence-electron chi connectivity index (χ4n) is 4.54. The summed E-state index contributed by atoms with van der Waals surface area (Å²) in [5, 5.41) is 11.0. The van der Waals surface area contributed by atoms with Gasteiger partial charge < -0.3 is 15.4 Å². The minimum Gasteiger partial charge on any atom is -0.453 e. The molecule has 1 amide bonds. The molecule has 4 aromatic rings. The molecule has 0 spiro atoms. The summed E-state index contributed by atoms with van der Waals surface area (Å²) in [4.78, 5) is 26.3. The van der Waals surface area contributed by atoms with Crippen LogP contribution in [-0.4, -0.2) is 21.7 Å². The van der Waals surface area contributed by atoms with Gasteiger partial charge in [-0.05, 0) is 91.8 Å². The molecule has 0 radical (unpaired) electrons. The van der Waals surface area contributed by atoms with Gasteiger partial charge >= 0.3 is 0 Å². The molecular weight excluding hydrogens is 488 g/mol. The number of ether oxygens (including phenoxy) is 1. The Morgan fingerprint density at radius 3 is 2.68 bits per heavy atom. The lowest BCUT2D eigenvalue weighted by atomic mass is 10.1. The molecule has 0 unspecified atom stereocenters. The second-order valence-corrected chi connectivity index (χ2v) is 9.86. The van der Waals surface area contributed by atoms with Gasteiger partial charge in [-0.3, -0.25) is 9.59 Å². The standard InChI is InChI=1S/C29H25ClN4O3/c30-21-7-3-9-24(16-21)34-29(36)27(32-23-8-2-6-20(14-23)28(35)33-22-11-12-22)26(17-31-34)37-25-13-10-18-4-1-5-19(18)15-25/h2-3,6-10,13-17,22,32H,1,4-5,11-12H2,(H,33,35). The molecule has 1 heterocycles. The lowest BCUT2D eigenvalue weighted by Gasteiger charge is -2.15. The number of nitrogens with zero attached hydrogens (tertiary/aromatic N) is 2. The zero-order chi connectivity index (χ0) is 25.4. The van der Waals surface area contributed by atoms with Crippen LogP contribution in [0.5, 0.6) is 11.5 Å². The predicted octanol–water partition coefficient (Wildman–Crippen LogP) is 5.80. The van der Waals surface area contributed by atoms with Gasteiger partial charge in [-0.15, -0.1) is 0 Å². The molecule has 0 aliphatic heterocycles. The van der Waals surface area contributed by atoms with E-state index in [4.69, 9.17) is 16.3 Å². The molecule has 37 heavy (non-hydrogen) atoms. The van der Waals surface area contributed by atoms with Crippen molar-refractivity contribution in [3.05, 3.63) is 105 Å². The van der Waals surface area contributed by atoms with Gasteiger partial charge in [-0.2, -0.15) is 9.78 Å². The molecule has 8 heteroatoms. The van der Waals surface area contributed by atoms with Crippen LogP contribution in [0.4, 0.5) is 11.4 Å². The minimum absolute atomic E-state index is 0.133. The highest BCUT2D eigenvalue weighted by Crippen LogP contribution is 2.32. The summed E-state index contributed by atoms with van der Waals surface area (Å²) >= 11 is 6.17. The van der Waals surface area contributed by atoms with Gasteiger partial charge in [-0.25, -0.2) is 0 Å². The van der Waals surface area contributed by atoms with Gasteiger partial charge in [-0.1, -0.05) is 29.8 Å². The fraction of sp³-hybridized carbons (Fsp3) is 0.207. The number of fused-ring (bicyclic) bond motifs is 1. The average molecular weight is 513 g/mol. The molecule has 6 rings (SSSR count). The van der Waals surface area contributed by atoms with E-state index >= 15 is 0 Å². The van der Waals surface area contributed by atoms with Crippen LogP contribution in [0.25, 0.3) is 5.69 Å². The van der Waals surface area contributed by atoms with E-state index in [1.807, 2.05) is 12.1 Å². The predicted molar refractivity (Wildman–Crippen MR) is 144 cm³/mol. The van der Waals surface area contributed by atoms with E-state index in [0.717, 1.165) is 32.1 Å². The molecule has 1 saturated carbocycles. The van der Waals surface area contributed by atoms with Gasteiger partial charge in [0.2, 0.25) is 0 Å². The lowest BCUT2D eigenvalue weighted by Crippen LogP contribution is -2.25. The molecule has 1 aromatic heterocycles. The number of aromatic nitrogens is 2. The second-order valence-electron chi connectivity index (χ2n) is 9.42. The van der Waals surface area contributed by atoms with Gasteiger partial charge in [0, 0.05) is 22.3 Å². The van der Waals surface area contributed by atoms with Gasteiger partial charge in [0.05, 0.1) is 11.9 Å². The minimum atomic E-state index is -0.409. The molecule has 3 aromatic carbocycles. The Balaban J connectivity index is 1.38. The molecule has 0 bridgehead atoms. The highest BCUT2D eigenvalue weighted by Gasteiger charge is 2.24. The van der Waals surface area contributed by atoms with Crippen molar-refractivity contribution < 1.29 is 9.53 Å². The van der Waals surface area contributed by atoms with Crippen LogP contribution < -0.4 is 20.9 Å². The SMILES string of the molecule is O=C(NC1CC1)c1cccc(Nc2c(Oc3ccc4c(c3)CCC4)cnn(-c3cccc(Cl)c3)c2=O)c1. The van der Waals surface area contributed by atoms with Crippen LogP contribution in [0.2, 0.25) is 5.02 Å². The van der Waals surface area contributed by atoms with E-state index in [2.05, 4.69) is 21.8 Å². The number of halogens is 1. The fourth-order valence-corrected chi connectivity index (χ4v) is 4.72. The van der Waals surface area contributed by atoms with Crippen molar-refractivity contribution >= 4 is 28.9 Å². The third-order valence-electron chi connectivity index (χ3n) is 6.60. The third-order valence-corrected chi connectivity index (χ3v) is 6.84. The summed E-state index contributed by atoms with van der Waals surface area (Å²) in [6.07, 6.45) is 6.75. The monoisotopic (exact) mass is 512 g/mol. The van der Waals surface area contributed by atoms with Crippen LogP contribution in [-0.2, 0) is 12.8 Å². The number of amides is 1. The molecule has 7 nitrogen and oxygen atoms in total. The van der Waals surface area contributed by atoms with Crippen LogP contribution in [0.3, 0.4) is 0 Å². The Bertz CT molecular complexity index is 1560. The maximum absolute atomic E-state index is 13.7. The summed E-state index contributed by atoms with van der Waals surface area (Å²) in [7, 11) is 0. The number of rotatable bonds is 7. The van der Waals surface area contributed by atoms with Crippen LogP contribution in [0, 0.1) is 0 Å². The van der Waals surface area contributed by atoms with Crippen molar-refractivity contribution in [2.24, 2.45) is 0 Å². The second kappa shape index (κ2) is 9.75. The Morgan fingerprint density at radius 1 is 1.00 bits per heavy atom. The van der Waals surface area contributed by atoms with Gasteiger partial charge in [0.1, 0.15) is 5.75 Å². The number of carbonyl (C=O) groups excluding carboxylic acids is 1. The zero-order valence-corrected chi connectivity index (χ0v) is 20.8. The normalized spacial score (nSPS) is 14.2. The van der Waals surface area contributed by atoms with E-state index in [9.17, 15) is 9.59 Å². The Hall–Kier alpha value is -4.10. The van der Waals surface area contributed by atoms with Crippen molar-refractivity contribution in [2.45, 2.75) is 38.1 Å². The van der Waals surface area contributed by atoms with Gasteiger partial charge in [0.15, 0.2) is 11.4 Å². The first kappa shape index (κ1) is 23.3. The first-order valence-corrected chi connectivity index (χ1v) is 12.8. The number of aryl methyl sites for hydroxylation is 2. The third kappa shape index (κ3) is 5.08. The van der Waals surface area contributed by atoms with E-state index < -0.39 is 5.56 Å². The summed E-state index contributed by atoms with van der Waals surface area (Å²) < 4.78 is 7.47. The summed E-state index contributed by atoms with van der Waals surface area (Å²) in [5.41, 5.74) is 4.03. The maximum Gasteiger partial charge on any atom is 0.299 e. The average Bonchev–Trinajstić information content (AvgIpc) is 3.59. The molecule has 1 fully saturated rings. The first-order valence-electron chi connectivity index (χ1n) is 12.4. The van der Waals surface area contributed by atoms with Crippen molar-refractivity contribution in [3.8, 4) is 17.2 Å². The number of benzene rings is 3. The van der Waals surface area contributed by atoms with Crippen LogP contribution >= 0.6 is 11.6 Å². The van der Waals surface area contributed by atoms with Crippen molar-refractivity contribution in [3.63, 3.8) is 0 Å². The van der Waals surface area contributed by atoms with Crippen molar-refractivity contribution in [1.29, 1.82) is 0 Å². The lowest BCUT2D eigenvalue weighted by molar-refractivity contribution is 0.0951. The molecule has 2 N–H and O–H groups in total. The summed E-state index contributed by atoms with van der Waals surface area (Å²) in [6.45, 7) is 0. The maximum atomic E-state index is 13.7. The molecule has 0 saturated heterocycles. The van der Waals surface area contributed by atoms with E-state index in [1.54, 1.807) is 48.5 Å². The van der Waals surface area contributed by atoms with E-state index in [-0.39, 0.29) is 23.4 Å². The molecule has 2 aliphatic carbocycles. The van der Waals surface area contributed by atoms with Gasteiger partial charge in [0.25, 0.3) is 11.5 Å². The Morgan fingerprint density at radius 2 is 1.84 bits per heavy atom. The molecule has 2 aliphatic rings. The highest BCUT2D eigenvalue weighted by molar-refractivity contribution is 6.30. The molecular formula is C29H25ClN4O3. The summed E-state index contributed by atoms with van der Waals surface area (Å²) in [5.74, 6) is 0.795. The zero-order valence-electron chi connectivity index (χ0n) is 20.0. The molecule has 0 atom stereocenters. The Kier molecular flexibility index (Phi) is 6.14. The number of carbonyl (C=O) groups is 1. The number of hydrogen-bond donors (Lipinski definition) is 2. The number of nitrogens with one attached hydrogen (secondary N) is 2. The number of anilines is 2. The highest BCUT2D eigenvalue weighted by atomic mass is 35.5. The number of hydrogen-bond acceptors (Lipinski definition) is 5. The molecule has 186 valence electrons. The first-order chi connectivity index (χ1) is 18.0. The smallest absolute Gasteiger partial charge is 0.299 e. The van der Waals surface area contributed by atoms with E-state index in [0.29, 0.717) is 27.7 Å². The van der Waals surface area contributed by atoms with E-state index in [1.165, 1.54) is 22.0 Å².